The van der Waals surface area contributed by atoms with Gasteiger partial charge >= 0.3 is 0 Å². The zero-order valence-electron chi connectivity index (χ0n) is 10.3. The molecule has 1 aliphatic rings. The first-order valence-electron chi connectivity index (χ1n) is 6.46. The van der Waals surface area contributed by atoms with Crippen LogP contribution >= 0.6 is 0 Å². The molecule has 0 spiro atoms. The fourth-order valence-corrected chi connectivity index (χ4v) is 2.40. The van der Waals surface area contributed by atoms with Gasteiger partial charge in [0.1, 0.15) is 0 Å². The van der Waals surface area contributed by atoms with Crippen molar-refractivity contribution in [1.29, 1.82) is 0 Å². The lowest BCUT2D eigenvalue weighted by atomic mass is 10.0. The van der Waals surface area contributed by atoms with Crippen molar-refractivity contribution in [3.8, 4) is 0 Å². The van der Waals surface area contributed by atoms with E-state index in [4.69, 9.17) is 0 Å². The van der Waals surface area contributed by atoms with Crippen LogP contribution in [-0.4, -0.2) is 35.7 Å². The topological polar surface area (TPSA) is 23.5 Å². The van der Waals surface area contributed by atoms with Crippen LogP contribution in [-0.2, 0) is 0 Å². The quantitative estimate of drug-likeness (QED) is 0.861. The van der Waals surface area contributed by atoms with Crippen LogP contribution in [0.3, 0.4) is 0 Å². The van der Waals surface area contributed by atoms with Crippen LogP contribution in [0.1, 0.15) is 24.8 Å². The molecule has 2 heteroatoms. The molecule has 0 bridgehead atoms. The van der Waals surface area contributed by atoms with Crippen molar-refractivity contribution in [3.63, 3.8) is 0 Å². The maximum absolute atomic E-state index is 9.31. The summed E-state index contributed by atoms with van der Waals surface area (Å²) >= 11 is 0. The molecule has 1 aromatic carbocycles. The third kappa shape index (κ3) is 3.69. The Bertz CT molecular complexity index is 347. The summed E-state index contributed by atoms with van der Waals surface area (Å²) in [5.74, 6) is 0. The first-order chi connectivity index (χ1) is 8.40. The van der Waals surface area contributed by atoms with Crippen LogP contribution in [0, 0.1) is 0 Å². The Hall–Kier alpha value is -1.12. The van der Waals surface area contributed by atoms with Crippen LogP contribution in [0.4, 0.5) is 0 Å². The molecule has 17 heavy (non-hydrogen) atoms. The second kappa shape index (κ2) is 6.58. The van der Waals surface area contributed by atoms with E-state index in [2.05, 4.69) is 41.3 Å². The lowest BCUT2D eigenvalue weighted by Crippen LogP contribution is -2.41. The fraction of sp³-hybridized carbons (Fsp3) is 0.467. The minimum absolute atomic E-state index is 0.291. The first-order valence-corrected chi connectivity index (χ1v) is 6.46. The molecule has 0 unspecified atom stereocenters. The summed E-state index contributed by atoms with van der Waals surface area (Å²) in [7, 11) is 0. The van der Waals surface area contributed by atoms with E-state index in [-0.39, 0.29) is 0 Å². The summed E-state index contributed by atoms with van der Waals surface area (Å²) in [6.07, 6.45) is 8.00. The molecule has 1 fully saturated rings. The number of aliphatic hydroxyl groups is 1. The molecular formula is C15H21NO. The van der Waals surface area contributed by atoms with Gasteiger partial charge in [-0.15, -0.1) is 0 Å². The minimum Gasteiger partial charge on any atom is -0.395 e. The van der Waals surface area contributed by atoms with Gasteiger partial charge in [0.05, 0.1) is 6.61 Å². The number of nitrogens with zero attached hydrogens (tertiary/aromatic N) is 1. The lowest BCUT2D eigenvalue weighted by Gasteiger charge is -2.33. The van der Waals surface area contributed by atoms with Gasteiger partial charge in [-0.2, -0.15) is 0 Å². The third-order valence-electron chi connectivity index (χ3n) is 3.41. The standard InChI is InChI=1S/C15H21NO/c17-13-15-10-4-5-11-16(15)12-6-9-14-7-2-1-3-8-14/h1-3,6-9,15,17H,4-5,10-13H2/b9-6+/t15-/m1/s1. The van der Waals surface area contributed by atoms with Gasteiger partial charge < -0.3 is 5.11 Å². The maximum atomic E-state index is 9.31. The molecule has 1 atom stereocenters. The third-order valence-corrected chi connectivity index (χ3v) is 3.41. The van der Waals surface area contributed by atoms with Gasteiger partial charge in [0.15, 0.2) is 0 Å². The molecule has 1 saturated heterocycles. The van der Waals surface area contributed by atoms with E-state index >= 15 is 0 Å². The van der Waals surface area contributed by atoms with E-state index in [0.717, 1.165) is 19.5 Å². The SMILES string of the molecule is OC[C@H]1CCCCN1C/C=C/c1ccccc1. The van der Waals surface area contributed by atoms with Crippen molar-refractivity contribution in [3.05, 3.63) is 42.0 Å². The van der Waals surface area contributed by atoms with Gasteiger partial charge in [0.25, 0.3) is 0 Å². The van der Waals surface area contributed by atoms with E-state index in [1.807, 2.05) is 6.07 Å². The second-order valence-corrected chi connectivity index (χ2v) is 4.64. The zero-order valence-corrected chi connectivity index (χ0v) is 10.3. The van der Waals surface area contributed by atoms with Crippen LogP contribution < -0.4 is 0 Å². The summed E-state index contributed by atoms with van der Waals surface area (Å²) < 4.78 is 0. The second-order valence-electron chi connectivity index (χ2n) is 4.64. The molecular weight excluding hydrogens is 210 g/mol. The molecule has 0 amide bonds. The molecule has 1 aliphatic heterocycles. The summed E-state index contributed by atoms with van der Waals surface area (Å²) in [5, 5.41) is 9.31. The van der Waals surface area contributed by atoms with Crippen molar-refractivity contribution >= 4 is 6.08 Å². The van der Waals surface area contributed by atoms with Gasteiger partial charge in [-0.05, 0) is 24.9 Å². The zero-order chi connectivity index (χ0) is 11.9. The lowest BCUT2D eigenvalue weighted by molar-refractivity contribution is 0.101. The van der Waals surface area contributed by atoms with E-state index in [1.54, 1.807) is 0 Å². The normalized spacial score (nSPS) is 22.1. The van der Waals surface area contributed by atoms with Crippen molar-refractivity contribution in [1.82, 2.24) is 4.90 Å². The van der Waals surface area contributed by atoms with Crippen molar-refractivity contribution in [2.45, 2.75) is 25.3 Å². The molecule has 1 N–H and O–H groups in total. The van der Waals surface area contributed by atoms with E-state index in [9.17, 15) is 5.11 Å². The van der Waals surface area contributed by atoms with Gasteiger partial charge in [-0.1, -0.05) is 48.9 Å². The van der Waals surface area contributed by atoms with Gasteiger partial charge in [-0.25, -0.2) is 0 Å². The van der Waals surface area contributed by atoms with Crippen molar-refractivity contribution in [2.24, 2.45) is 0 Å². The Balaban J connectivity index is 1.86. The van der Waals surface area contributed by atoms with Crippen LogP contribution in [0.5, 0.6) is 0 Å². The highest BCUT2D eigenvalue weighted by molar-refractivity contribution is 5.48. The Kier molecular flexibility index (Phi) is 4.77. The average Bonchev–Trinajstić information content (AvgIpc) is 2.40. The number of rotatable bonds is 4. The number of benzene rings is 1. The molecule has 0 aromatic heterocycles. The minimum atomic E-state index is 0.291. The van der Waals surface area contributed by atoms with Crippen LogP contribution in [0.25, 0.3) is 6.08 Å². The predicted molar refractivity (Wildman–Crippen MR) is 71.8 cm³/mol. The Labute approximate surface area is 104 Å². The highest BCUT2D eigenvalue weighted by atomic mass is 16.3. The van der Waals surface area contributed by atoms with Gasteiger partial charge in [0.2, 0.25) is 0 Å². The number of piperidine rings is 1. The molecule has 2 nitrogen and oxygen atoms in total. The van der Waals surface area contributed by atoms with Crippen LogP contribution in [0.2, 0.25) is 0 Å². The summed E-state index contributed by atoms with van der Waals surface area (Å²) in [5.41, 5.74) is 1.24. The molecule has 1 heterocycles. The summed E-state index contributed by atoms with van der Waals surface area (Å²) in [4.78, 5) is 2.38. The van der Waals surface area contributed by atoms with Crippen molar-refractivity contribution < 1.29 is 5.11 Å². The van der Waals surface area contributed by atoms with Gasteiger partial charge in [0, 0.05) is 12.6 Å². The monoisotopic (exact) mass is 231 g/mol. The molecule has 92 valence electrons. The average molecular weight is 231 g/mol. The highest BCUT2D eigenvalue weighted by Gasteiger charge is 2.19. The Morgan fingerprint density at radius 3 is 2.82 bits per heavy atom. The van der Waals surface area contributed by atoms with Gasteiger partial charge in [-0.3, -0.25) is 4.90 Å². The summed E-state index contributed by atoms with van der Waals surface area (Å²) in [6.45, 7) is 2.35. The van der Waals surface area contributed by atoms with E-state index < -0.39 is 0 Å². The maximum Gasteiger partial charge on any atom is 0.0586 e. The van der Waals surface area contributed by atoms with Crippen molar-refractivity contribution in [2.75, 3.05) is 19.7 Å². The van der Waals surface area contributed by atoms with Crippen LogP contribution in [0.15, 0.2) is 36.4 Å². The highest BCUT2D eigenvalue weighted by Crippen LogP contribution is 2.16. The number of hydrogen-bond donors (Lipinski definition) is 1. The number of likely N-dealkylation sites (tertiary alicyclic amines) is 1. The van der Waals surface area contributed by atoms with E-state index in [0.29, 0.717) is 12.6 Å². The smallest absolute Gasteiger partial charge is 0.0586 e. The number of aliphatic hydroxyl groups excluding tert-OH is 1. The molecule has 1 aromatic rings. The molecule has 2 rings (SSSR count). The fourth-order valence-electron chi connectivity index (χ4n) is 2.40. The Morgan fingerprint density at radius 2 is 2.06 bits per heavy atom. The first kappa shape index (κ1) is 12.3. The molecule has 0 aliphatic carbocycles. The number of hydrogen-bond acceptors (Lipinski definition) is 2. The summed E-state index contributed by atoms with van der Waals surface area (Å²) in [6, 6.07) is 10.7. The largest absolute Gasteiger partial charge is 0.395 e. The Morgan fingerprint density at radius 1 is 1.24 bits per heavy atom. The molecule has 0 saturated carbocycles. The van der Waals surface area contributed by atoms with E-state index in [1.165, 1.54) is 18.4 Å². The predicted octanol–water partition coefficient (Wildman–Crippen LogP) is 2.55. The molecule has 0 radical (unpaired) electrons.